The van der Waals surface area contributed by atoms with E-state index in [4.69, 9.17) is 21.6 Å². The molecule has 2 aromatic rings. The van der Waals surface area contributed by atoms with Crippen LogP contribution < -0.4 is 5.32 Å². The Morgan fingerprint density at radius 3 is 2.67 bits per heavy atom. The third-order valence-corrected chi connectivity index (χ3v) is 3.17. The number of anilines is 1. The maximum absolute atomic E-state index is 11.8. The summed E-state index contributed by atoms with van der Waals surface area (Å²) in [6.07, 6.45) is 2.83. The molecule has 0 aliphatic heterocycles. The first kappa shape index (κ1) is 17.3. The lowest BCUT2D eigenvalue weighted by molar-refractivity contribution is -0.142. The molecule has 0 spiro atoms. The van der Waals surface area contributed by atoms with E-state index in [1.54, 1.807) is 12.1 Å². The Labute approximate surface area is 144 Å². The van der Waals surface area contributed by atoms with Crippen LogP contribution in [0.25, 0.3) is 6.08 Å². The SMILES string of the molecule is N#Cc1ccc(Cl)cc1NC(=O)COC(=O)/C=C/c1ccccc1. The highest BCUT2D eigenvalue weighted by atomic mass is 35.5. The van der Waals surface area contributed by atoms with Gasteiger partial charge in [0.05, 0.1) is 11.3 Å². The predicted molar refractivity (Wildman–Crippen MR) is 91.2 cm³/mol. The van der Waals surface area contributed by atoms with Gasteiger partial charge >= 0.3 is 5.97 Å². The van der Waals surface area contributed by atoms with Crippen molar-refractivity contribution in [3.05, 3.63) is 70.8 Å². The van der Waals surface area contributed by atoms with Crippen molar-refractivity contribution in [3.63, 3.8) is 0 Å². The van der Waals surface area contributed by atoms with Gasteiger partial charge in [0.2, 0.25) is 0 Å². The number of benzene rings is 2. The normalized spacial score (nSPS) is 10.2. The monoisotopic (exact) mass is 340 g/mol. The second-order valence-corrected chi connectivity index (χ2v) is 5.14. The molecule has 6 heteroatoms. The number of esters is 1. The van der Waals surface area contributed by atoms with Crippen molar-refractivity contribution >= 4 is 35.2 Å². The third kappa shape index (κ3) is 5.27. The highest BCUT2D eigenvalue weighted by Crippen LogP contribution is 2.20. The molecule has 0 aromatic heterocycles. The molecular weight excluding hydrogens is 328 g/mol. The molecule has 0 unspecified atom stereocenters. The Balaban J connectivity index is 1.87. The molecule has 120 valence electrons. The van der Waals surface area contributed by atoms with E-state index in [0.717, 1.165) is 5.56 Å². The highest BCUT2D eigenvalue weighted by Gasteiger charge is 2.09. The largest absolute Gasteiger partial charge is 0.452 e. The average molecular weight is 341 g/mol. The van der Waals surface area contributed by atoms with Gasteiger partial charge in [-0.1, -0.05) is 41.9 Å². The second-order valence-electron chi connectivity index (χ2n) is 4.70. The summed E-state index contributed by atoms with van der Waals surface area (Å²) in [6, 6.07) is 15.6. The quantitative estimate of drug-likeness (QED) is 0.668. The molecule has 0 heterocycles. The molecular formula is C18H13ClN2O3. The number of carbonyl (C=O) groups excluding carboxylic acids is 2. The van der Waals surface area contributed by atoms with Gasteiger partial charge in [-0.25, -0.2) is 4.79 Å². The van der Waals surface area contributed by atoms with E-state index in [2.05, 4.69) is 5.32 Å². The van der Waals surface area contributed by atoms with E-state index in [1.807, 2.05) is 36.4 Å². The summed E-state index contributed by atoms with van der Waals surface area (Å²) in [7, 11) is 0. The maximum atomic E-state index is 11.8. The van der Waals surface area contributed by atoms with Crippen LogP contribution in [0, 0.1) is 11.3 Å². The van der Waals surface area contributed by atoms with Gasteiger partial charge in [-0.05, 0) is 29.8 Å². The topological polar surface area (TPSA) is 79.2 Å². The van der Waals surface area contributed by atoms with Crippen molar-refractivity contribution < 1.29 is 14.3 Å². The first-order valence-electron chi connectivity index (χ1n) is 6.98. The van der Waals surface area contributed by atoms with Crippen LogP contribution in [-0.2, 0) is 14.3 Å². The van der Waals surface area contributed by atoms with Gasteiger partial charge in [0.25, 0.3) is 5.91 Å². The molecule has 2 rings (SSSR count). The third-order valence-electron chi connectivity index (χ3n) is 2.93. The fraction of sp³-hybridized carbons (Fsp3) is 0.0556. The summed E-state index contributed by atoms with van der Waals surface area (Å²) < 4.78 is 4.85. The number of nitriles is 1. The number of nitrogens with one attached hydrogen (secondary N) is 1. The zero-order chi connectivity index (χ0) is 17.4. The summed E-state index contributed by atoms with van der Waals surface area (Å²) in [5, 5.41) is 11.8. The van der Waals surface area contributed by atoms with E-state index >= 15 is 0 Å². The van der Waals surface area contributed by atoms with Gasteiger partial charge in [-0.3, -0.25) is 4.79 Å². The number of rotatable bonds is 5. The molecule has 0 bridgehead atoms. The fourth-order valence-electron chi connectivity index (χ4n) is 1.82. The van der Waals surface area contributed by atoms with Crippen LogP contribution in [-0.4, -0.2) is 18.5 Å². The number of carbonyl (C=O) groups is 2. The van der Waals surface area contributed by atoms with Crippen molar-refractivity contribution in [1.29, 1.82) is 5.26 Å². The van der Waals surface area contributed by atoms with Crippen molar-refractivity contribution in [2.24, 2.45) is 0 Å². The summed E-state index contributed by atoms with van der Waals surface area (Å²) >= 11 is 5.83. The van der Waals surface area contributed by atoms with E-state index in [9.17, 15) is 9.59 Å². The number of hydrogen-bond donors (Lipinski definition) is 1. The Morgan fingerprint density at radius 2 is 1.96 bits per heavy atom. The predicted octanol–water partition coefficient (Wildman–Crippen LogP) is 3.41. The molecule has 0 aliphatic rings. The molecule has 0 fully saturated rings. The zero-order valence-corrected chi connectivity index (χ0v) is 13.3. The summed E-state index contributed by atoms with van der Waals surface area (Å²) in [5.74, 6) is -1.20. The lowest BCUT2D eigenvalue weighted by Crippen LogP contribution is -2.20. The van der Waals surface area contributed by atoms with Gasteiger partial charge in [-0.2, -0.15) is 5.26 Å². The van der Waals surface area contributed by atoms with Gasteiger partial charge < -0.3 is 10.1 Å². The summed E-state index contributed by atoms with van der Waals surface area (Å²) in [5.41, 5.74) is 1.38. The van der Waals surface area contributed by atoms with E-state index < -0.39 is 18.5 Å². The number of amides is 1. The molecule has 24 heavy (non-hydrogen) atoms. The number of nitrogens with zero attached hydrogens (tertiary/aromatic N) is 1. The van der Waals surface area contributed by atoms with Crippen LogP contribution in [0.4, 0.5) is 5.69 Å². The van der Waals surface area contributed by atoms with Gasteiger partial charge in [0, 0.05) is 11.1 Å². The van der Waals surface area contributed by atoms with Gasteiger partial charge in [0.15, 0.2) is 6.61 Å². The first-order valence-corrected chi connectivity index (χ1v) is 7.35. The minimum atomic E-state index is -0.638. The van der Waals surface area contributed by atoms with E-state index in [1.165, 1.54) is 18.2 Å². The molecule has 1 amide bonds. The molecule has 0 radical (unpaired) electrons. The first-order chi connectivity index (χ1) is 11.6. The highest BCUT2D eigenvalue weighted by molar-refractivity contribution is 6.31. The molecule has 0 aliphatic carbocycles. The van der Waals surface area contributed by atoms with Crippen molar-refractivity contribution in [1.82, 2.24) is 0 Å². The lowest BCUT2D eigenvalue weighted by atomic mass is 10.2. The lowest BCUT2D eigenvalue weighted by Gasteiger charge is -2.07. The average Bonchev–Trinajstić information content (AvgIpc) is 2.59. The number of halogens is 1. The molecule has 1 N–H and O–H groups in total. The van der Waals surface area contributed by atoms with E-state index in [0.29, 0.717) is 5.02 Å². The Bertz CT molecular complexity index is 811. The minimum Gasteiger partial charge on any atom is -0.452 e. The molecule has 2 aromatic carbocycles. The van der Waals surface area contributed by atoms with E-state index in [-0.39, 0.29) is 11.3 Å². The minimum absolute atomic E-state index is 0.267. The zero-order valence-electron chi connectivity index (χ0n) is 12.5. The van der Waals surface area contributed by atoms with Gasteiger partial charge in [0.1, 0.15) is 6.07 Å². The van der Waals surface area contributed by atoms with Crippen LogP contribution in [0.15, 0.2) is 54.6 Å². The number of hydrogen-bond acceptors (Lipinski definition) is 4. The van der Waals surface area contributed by atoms with Crippen LogP contribution in [0.5, 0.6) is 0 Å². The van der Waals surface area contributed by atoms with Gasteiger partial charge in [-0.15, -0.1) is 0 Å². The molecule has 0 saturated carbocycles. The van der Waals surface area contributed by atoms with Crippen molar-refractivity contribution in [2.45, 2.75) is 0 Å². The Hall–Kier alpha value is -3.10. The Kier molecular flexibility index (Phi) is 6.12. The smallest absolute Gasteiger partial charge is 0.331 e. The van der Waals surface area contributed by atoms with Crippen LogP contribution in [0.1, 0.15) is 11.1 Å². The van der Waals surface area contributed by atoms with Crippen molar-refractivity contribution in [3.8, 4) is 6.07 Å². The maximum Gasteiger partial charge on any atom is 0.331 e. The second kappa shape index (κ2) is 8.51. The summed E-state index contributed by atoms with van der Waals surface area (Å²) in [4.78, 5) is 23.4. The number of ether oxygens (including phenoxy) is 1. The molecule has 0 atom stereocenters. The molecule has 5 nitrogen and oxygen atoms in total. The van der Waals surface area contributed by atoms with Crippen LogP contribution >= 0.6 is 11.6 Å². The fourth-order valence-corrected chi connectivity index (χ4v) is 1.99. The molecule has 0 saturated heterocycles. The van der Waals surface area contributed by atoms with Crippen LogP contribution in [0.2, 0.25) is 5.02 Å². The van der Waals surface area contributed by atoms with Crippen LogP contribution in [0.3, 0.4) is 0 Å². The Morgan fingerprint density at radius 1 is 1.21 bits per heavy atom. The van der Waals surface area contributed by atoms with Crippen molar-refractivity contribution in [2.75, 3.05) is 11.9 Å². The summed E-state index contributed by atoms with van der Waals surface area (Å²) in [6.45, 7) is -0.463. The standard InChI is InChI=1S/C18H13ClN2O3/c19-15-8-7-14(11-20)16(10-15)21-17(22)12-24-18(23)9-6-13-4-2-1-3-5-13/h1-10H,12H2,(H,21,22)/b9-6+.